The number of amides is 1. The van der Waals surface area contributed by atoms with Crippen LogP contribution in [0.1, 0.15) is 12.3 Å². The van der Waals surface area contributed by atoms with Gasteiger partial charge in [-0.2, -0.15) is 4.98 Å². The van der Waals surface area contributed by atoms with Crippen LogP contribution in [0.2, 0.25) is 0 Å². The summed E-state index contributed by atoms with van der Waals surface area (Å²) in [7, 11) is -1.45. The van der Waals surface area contributed by atoms with Crippen molar-refractivity contribution in [2.24, 2.45) is 0 Å². The summed E-state index contributed by atoms with van der Waals surface area (Å²) in [5.41, 5.74) is 0.744. The van der Waals surface area contributed by atoms with Crippen LogP contribution in [0.3, 0.4) is 0 Å². The molecular weight excluding hydrogens is 334 g/mol. The lowest BCUT2D eigenvalue weighted by molar-refractivity contribution is -0.121. The summed E-state index contributed by atoms with van der Waals surface area (Å²) in [4.78, 5) is 16.1. The molecule has 3 rings (SSSR count). The van der Waals surface area contributed by atoms with Crippen LogP contribution in [0.15, 0.2) is 28.8 Å². The molecule has 128 valence electrons. The Bertz CT molecular complexity index is 829. The zero-order valence-electron chi connectivity index (χ0n) is 13.1. The van der Waals surface area contributed by atoms with Crippen molar-refractivity contribution >= 4 is 15.7 Å². The second kappa shape index (κ2) is 6.60. The second-order valence-electron chi connectivity index (χ2n) is 5.58. The molecule has 0 radical (unpaired) electrons. The van der Waals surface area contributed by atoms with Gasteiger partial charge >= 0.3 is 0 Å². The quantitative estimate of drug-likeness (QED) is 0.839. The minimum atomic E-state index is -3.03. The van der Waals surface area contributed by atoms with Crippen molar-refractivity contribution in [1.82, 2.24) is 15.5 Å². The highest BCUT2D eigenvalue weighted by Crippen LogP contribution is 2.20. The molecule has 1 amide bonds. The Hall–Kier alpha value is -2.42. The second-order valence-corrected chi connectivity index (χ2v) is 7.81. The molecule has 1 aliphatic rings. The maximum Gasteiger partial charge on any atom is 0.236 e. The maximum atomic E-state index is 12.0. The molecule has 8 nitrogen and oxygen atoms in total. The van der Waals surface area contributed by atoms with Gasteiger partial charge in [0.15, 0.2) is 9.84 Å². The van der Waals surface area contributed by atoms with Gasteiger partial charge < -0.3 is 14.6 Å². The normalized spacial score (nSPS) is 19.1. The van der Waals surface area contributed by atoms with Crippen molar-refractivity contribution < 1.29 is 22.5 Å². The van der Waals surface area contributed by atoms with Crippen molar-refractivity contribution in [2.75, 3.05) is 18.6 Å². The minimum Gasteiger partial charge on any atom is -0.497 e. The number of nitrogens with one attached hydrogen (secondary N) is 1. The topological polar surface area (TPSA) is 111 Å². The molecule has 0 saturated carbocycles. The van der Waals surface area contributed by atoms with Gasteiger partial charge in [0, 0.05) is 11.6 Å². The van der Waals surface area contributed by atoms with Gasteiger partial charge in [0.05, 0.1) is 18.6 Å². The van der Waals surface area contributed by atoms with E-state index in [4.69, 9.17) is 9.26 Å². The molecule has 2 aromatic rings. The van der Waals surface area contributed by atoms with Gasteiger partial charge in [0.2, 0.25) is 17.6 Å². The minimum absolute atomic E-state index is 0.0142. The van der Waals surface area contributed by atoms with E-state index in [9.17, 15) is 13.2 Å². The van der Waals surface area contributed by atoms with Crippen molar-refractivity contribution in [2.45, 2.75) is 18.9 Å². The third kappa shape index (κ3) is 3.91. The summed E-state index contributed by atoms with van der Waals surface area (Å²) in [5, 5.41) is 6.53. The van der Waals surface area contributed by atoms with Crippen LogP contribution in [0.25, 0.3) is 11.4 Å². The summed E-state index contributed by atoms with van der Waals surface area (Å²) in [5.74, 6) is 1.04. The molecule has 2 heterocycles. The third-order valence-electron chi connectivity index (χ3n) is 3.73. The van der Waals surface area contributed by atoms with Crippen LogP contribution in [0.4, 0.5) is 0 Å². The van der Waals surface area contributed by atoms with Gasteiger partial charge in [-0.25, -0.2) is 8.42 Å². The number of benzene rings is 1. The average Bonchev–Trinajstić information content (AvgIpc) is 3.14. The summed E-state index contributed by atoms with van der Waals surface area (Å²) in [6.45, 7) is 0. The van der Waals surface area contributed by atoms with Crippen molar-refractivity contribution in [3.05, 3.63) is 30.2 Å². The molecule has 9 heteroatoms. The molecule has 1 N–H and O–H groups in total. The Labute approximate surface area is 139 Å². The lowest BCUT2D eigenvalue weighted by atomic mass is 10.2. The first-order valence-electron chi connectivity index (χ1n) is 7.42. The Balaban J connectivity index is 1.60. The van der Waals surface area contributed by atoms with E-state index in [0.717, 1.165) is 5.56 Å². The van der Waals surface area contributed by atoms with Crippen LogP contribution < -0.4 is 10.1 Å². The number of sulfone groups is 1. The molecule has 1 aliphatic heterocycles. The highest BCUT2D eigenvalue weighted by atomic mass is 32.2. The molecule has 1 unspecified atom stereocenters. The number of hydrogen-bond acceptors (Lipinski definition) is 7. The van der Waals surface area contributed by atoms with E-state index in [-0.39, 0.29) is 35.8 Å². The molecule has 1 fully saturated rings. The molecule has 0 aliphatic carbocycles. The van der Waals surface area contributed by atoms with Crippen molar-refractivity contribution in [1.29, 1.82) is 0 Å². The number of aromatic nitrogens is 2. The number of nitrogens with zero attached hydrogens (tertiary/aromatic N) is 2. The van der Waals surface area contributed by atoms with Crippen LogP contribution in [0, 0.1) is 0 Å². The molecule has 1 aromatic heterocycles. The summed E-state index contributed by atoms with van der Waals surface area (Å²) >= 11 is 0. The Morgan fingerprint density at radius 1 is 1.38 bits per heavy atom. The Morgan fingerprint density at radius 3 is 2.75 bits per heavy atom. The van der Waals surface area contributed by atoms with E-state index in [1.807, 2.05) is 0 Å². The number of carbonyl (C=O) groups is 1. The standard InChI is InChI=1S/C15H17N3O5S/c1-22-12-4-2-10(3-5-12)15-17-14(23-18-15)8-13(19)16-11-6-7-24(20,21)9-11/h2-5,11H,6-9H2,1H3,(H,16,19). The summed E-state index contributed by atoms with van der Waals surface area (Å²) < 4.78 is 32.9. The average molecular weight is 351 g/mol. The highest BCUT2D eigenvalue weighted by molar-refractivity contribution is 7.91. The SMILES string of the molecule is COc1ccc(-c2noc(CC(=O)NC3CCS(=O)(=O)C3)n2)cc1. The van der Waals surface area contributed by atoms with Crippen molar-refractivity contribution in [3.8, 4) is 17.1 Å². The number of rotatable bonds is 5. The molecule has 1 atom stereocenters. The highest BCUT2D eigenvalue weighted by Gasteiger charge is 2.29. The van der Waals surface area contributed by atoms with Crippen LogP contribution in [-0.4, -0.2) is 49.1 Å². The Morgan fingerprint density at radius 2 is 2.12 bits per heavy atom. The van der Waals surface area contributed by atoms with E-state index in [2.05, 4.69) is 15.5 Å². The van der Waals surface area contributed by atoms with Gasteiger partial charge in [-0.15, -0.1) is 0 Å². The van der Waals surface area contributed by atoms with E-state index in [1.165, 1.54) is 0 Å². The fraction of sp³-hybridized carbons (Fsp3) is 0.400. The molecule has 0 bridgehead atoms. The maximum absolute atomic E-state index is 12.0. The van der Waals surface area contributed by atoms with E-state index in [1.54, 1.807) is 31.4 Å². The number of methoxy groups -OCH3 is 1. The summed E-state index contributed by atoms with van der Waals surface area (Å²) in [6.07, 6.45) is 0.356. The number of carbonyl (C=O) groups excluding carboxylic acids is 1. The van der Waals surface area contributed by atoms with Crippen LogP contribution >= 0.6 is 0 Å². The number of ether oxygens (including phenoxy) is 1. The van der Waals surface area contributed by atoms with E-state index < -0.39 is 9.84 Å². The van der Waals surface area contributed by atoms with Crippen molar-refractivity contribution in [3.63, 3.8) is 0 Å². The molecule has 1 saturated heterocycles. The van der Waals surface area contributed by atoms with Gasteiger partial charge in [0.1, 0.15) is 12.2 Å². The van der Waals surface area contributed by atoms with E-state index in [0.29, 0.717) is 18.0 Å². The lowest BCUT2D eigenvalue weighted by Crippen LogP contribution is -2.36. The lowest BCUT2D eigenvalue weighted by Gasteiger charge is -2.08. The molecular formula is C15H17N3O5S. The fourth-order valence-corrected chi connectivity index (χ4v) is 4.18. The summed E-state index contributed by atoms with van der Waals surface area (Å²) in [6, 6.07) is 6.79. The smallest absolute Gasteiger partial charge is 0.236 e. The zero-order valence-corrected chi connectivity index (χ0v) is 13.9. The Kier molecular flexibility index (Phi) is 4.52. The zero-order chi connectivity index (χ0) is 17.2. The monoisotopic (exact) mass is 351 g/mol. The molecule has 24 heavy (non-hydrogen) atoms. The largest absolute Gasteiger partial charge is 0.497 e. The number of hydrogen-bond donors (Lipinski definition) is 1. The van der Waals surface area contributed by atoms with E-state index >= 15 is 0 Å². The molecule has 1 aromatic carbocycles. The first-order chi connectivity index (χ1) is 11.4. The van der Waals surface area contributed by atoms with Gasteiger partial charge in [-0.3, -0.25) is 4.79 Å². The predicted molar refractivity (Wildman–Crippen MR) is 85.2 cm³/mol. The van der Waals surface area contributed by atoms with Crippen LogP contribution in [0.5, 0.6) is 5.75 Å². The van der Waals surface area contributed by atoms with Crippen LogP contribution in [-0.2, 0) is 21.1 Å². The van der Waals surface area contributed by atoms with Gasteiger partial charge in [-0.1, -0.05) is 5.16 Å². The third-order valence-corrected chi connectivity index (χ3v) is 5.49. The molecule has 0 spiro atoms. The van der Waals surface area contributed by atoms with Gasteiger partial charge in [-0.05, 0) is 30.7 Å². The first-order valence-corrected chi connectivity index (χ1v) is 9.24. The fourth-order valence-electron chi connectivity index (χ4n) is 2.51. The predicted octanol–water partition coefficient (Wildman–Crippen LogP) is 0.591. The van der Waals surface area contributed by atoms with Gasteiger partial charge in [0.25, 0.3) is 0 Å². The first kappa shape index (κ1) is 16.4.